The molecule has 19 heavy (non-hydrogen) atoms. The number of hydrogen-bond acceptors (Lipinski definition) is 1. The molecule has 0 aliphatic carbocycles. The van der Waals surface area contributed by atoms with E-state index >= 15 is 0 Å². The van der Waals surface area contributed by atoms with Crippen molar-refractivity contribution in [2.45, 2.75) is 79.2 Å². The first-order valence-corrected chi connectivity index (χ1v) is 7.97. The molecule has 0 aromatic carbocycles. The van der Waals surface area contributed by atoms with Crippen LogP contribution in [0.5, 0.6) is 0 Å². The minimum absolute atomic E-state index is 0.495. The van der Waals surface area contributed by atoms with Gasteiger partial charge in [-0.1, -0.05) is 53.4 Å². The number of rotatable bonds is 9. The number of hydrogen-bond donors (Lipinski definition) is 0. The zero-order valence-corrected chi connectivity index (χ0v) is 13.4. The fourth-order valence-electron chi connectivity index (χ4n) is 2.51. The van der Waals surface area contributed by atoms with Gasteiger partial charge in [0.2, 0.25) is 0 Å². The highest BCUT2D eigenvalue weighted by Crippen LogP contribution is 2.27. The van der Waals surface area contributed by atoms with Crippen molar-refractivity contribution in [1.29, 1.82) is 0 Å². The van der Waals surface area contributed by atoms with E-state index in [0.29, 0.717) is 5.41 Å². The van der Waals surface area contributed by atoms with E-state index < -0.39 is 0 Å². The Bertz CT molecular complexity index is 309. The maximum atomic E-state index is 4.07. The smallest absolute Gasteiger partial charge is 0.0945 e. The maximum absolute atomic E-state index is 4.07. The Hall–Kier alpha value is -0.790. The van der Waals surface area contributed by atoms with Crippen molar-refractivity contribution in [3.8, 4) is 0 Å². The molecule has 110 valence electrons. The summed E-state index contributed by atoms with van der Waals surface area (Å²) in [5.41, 5.74) is 0.495. The summed E-state index contributed by atoms with van der Waals surface area (Å²) in [5, 5.41) is 0. The average molecular weight is 264 g/mol. The van der Waals surface area contributed by atoms with Crippen LogP contribution in [-0.4, -0.2) is 9.55 Å². The van der Waals surface area contributed by atoms with E-state index in [4.69, 9.17) is 0 Å². The summed E-state index contributed by atoms with van der Waals surface area (Å²) in [7, 11) is 0. The Morgan fingerprint density at radius 3 is 2.47 bits per heavy atom. The molecule has 0 saturated carbocycles. The molecule has 0 bridgehead atoms. The molecule has 0 radical (unpaired) electrons. The molecule has 0 saturated heterocycles. The molecule has 2 heteroatoms. The van der Waals surface area contributed by atoms with E-state index in [1.54, 1.807) is 0 Å². The van der Waals surface area contributed by atoms with E-state index in [1.807, 2.05) is 12.5 Å². The molecule has 0 unspecified atom stereocenters. The highest BCUT2D eigenvalue weighted by atomic mass is 15.0. The van der Waals surface area contributed by atoms with Crippen molar-refractivity contribution in [2.24, 2.45) is 11.3 Å². The van der Waals surface area contributed by atoms with Gasteiger partial charge in [-0.25, -0.2) is 4.98 Å². The lowest BCUT2D eigenvalue weighted by molar-refractivity contribution is 0.303. The van der Waals surface area contributed by atoms with Gasteiger partial charge in [-0.05, 0) is 30.6 Å². The molecule has 0 aliphatic rings. The first-order chi connectivity index (χ1) is 9.01. The van der Waals surface area contributed by atoms with Gasteiger partial charge in [0.25, 0.3) is 0 Å². The van der Waals surface area contributed by atoms with Crippen molar-refractivity contribution in [1.82, 2.24) is 9.55 Å². The Balaban J connectivity index is 2.05. The third-order valence-corrected chi connectivity index (χ3v) is 3.97. The third kappa shape index (κ3) is 8.07. The fourth-order valence-corrected chi connectivity index (χ4v) is 2.51. The van der Waals surface area contributed by atoms with Crippen molar-refractivity contribution in [3.05, 3.63) is 18.7 Å². The van der Waals surface area contributed by atoms with Crippen LogP contribution in [0.1, 0.15) is 72.6 Å². The molecular weight excluding hydrogens is 232 g/mol. The van der Waals surface area contributed by atoms with Gasteiger partial charge in [0.15, 0.2) is 0 Å². The van der Waals surface area contributed by atoms with Crippen LogP contribution in [-0.2, 0) is 6.54 Å². The van der Waals surface area contributed by atoms with Crippen LogP contribution in [0, 0.1) is 11.3 Å². The molecule has 0 N–H and O–H groups in total. The predicted octanol–water partition coefficient (Wildman–Crippen LogP) is 5.30. The van der Waals surface area contributed by atoms with E-state index in [9.17, 15) is 0 Å². The molecule has 1 heterocycles. The van der Waals surface area contributed by atoms with Gasteiger partial charge in [-0.3, -0.25) is 0 Å². The zero-order valence-electron chi connectivity index (χ0n) is 13.4. The summed E-state index contributed by atoms with van der Waals surface area (Å²) < 4.78 is 2.18. The van der Waals surface area contributed by atoms with Gasteiger partial charge >= 0.3 is 0 Å². The predicted molar refractivity (Wildman–Crippen MR) is 83.2 cm³/mol. The lowest BCUT2D eigenvalue weighted by atomic mass is 9.84. The minimum Gasteiger partial charge on any atom is -0.337 e. The highest BCUT2D eigenvalue weighted by Gasteiger charge is 2.13. The molecule has 1 rings (SSSR count). The molecule has 1 aromatic heterocycles. The van der Waals surface area contributed by atoms with Gasteiger partial charge in [-0.15, -0.1) is 0 Å². The zero-order chi connectivity index (χ0) is 14.1. The van der Waals surface area contributed by atoms with Crippen molar-refractivity contribution in [2.75, 3.05) is 0 Å². The van der Waals surface area contributed by atoms with Gasteiger partial charge < -0.3 is 4.57 Å². The number of imidazole rings is 1. The number of aryl methyl sites for hydroxylation is 1. The Morgan fingerprint density at radius 1 is 1.11 bits per heavy atom. The second-order valence-corrected chi connectivity index (χ2v) is 7.02. The summed E-state index contributed by atoms with van der Waals surface area (Å²) in [5.74, 6) is 0.937. The van der Waals surface area contributed by atoms with Gasteiger partial charge in [-0.2, -0.15) is 0 Å². The standard InChI is InChI=1S/C17H32N2/c1-5-16(10-11-17(2,3)4)9-7-6-8-13-19-14-12-18-15-19/h12,14-16H,5-11,13H2,1-4H3/t16-/m1/s1. The lowest BCUT2D eigenvalue weighted by Crippen LogP contribution is -2.09. The van der Waals surface area contributed by atoms with Crippen LogP contribution >= 0.6 is 0 Å². The molecule has 0 aliphatic heterocycles. The van der Waals surface area contributed by atoms with Crippen LogP contribution < -0.4 is 0 Å². The first kappa shape index (κ1) is 16.3. The summed E-state index contributed by atoms with van der Waals surface area (Å²) in [6.45, 7) is 10.5. The van der Waals surface area contributed by atoms with Gasteiger partial charge in [0.05, 0.1) is 6.33 Å². The molecule has 1 aromatic rings. The van der Waals surface area contributed by atoms with E-state index in [0.717, 1.165) is 12.5 Å². The molecule has 0 fully saturated rings. The number of nitrogens with zero attached hydrogens (tertiary/aromatic N) is 2. The number of aromatic nitrogens is 2. The van der Waals surface area contributed by atoms with Crippen molar-refractivity contribution >= 4 is 0 Å². The Kier molecular flexibility index (Phi) is 7.19. The van der Waals surface area contributed by atoms with Crippen molar-refractivity contribution in [3.63, 3.8) is 0 Å². The molecule has 0 amide bonds. The van der Waals surface area contributed by atoms with Crippen LogP contribution in [0.4, 0.5) is 0 Å². The summed E-state index contributed by atoms with van der Waals surface area (Å²) in [4.78, 5) is 4.07. The average Bonchev–Trinajstić information content (AvgIpc) is 2.84. The van der Waals surface area contributed by atoms with Gasteiger partial charge in [0.1, 0.15) is 0 Å². The van der Waals surface area contributed by atoms with Crippen LogP contribution in [0.25, 0.3) is 0 Å². The normalized spacial score (nSPS) is 13.7. The maximum Gasteiger partial charge on any atom is 0.0945 e. The first-order valence-electron chi connectivity index (χ1n) is 7.97. The molecule has 2 nitrogen and oxygen atoms in total. The van der Waals surface area contributed by atoms with E-state index in [2.05, 4.69) is 43.4 Å². The minimum atomic E-state index is 0.495. The molecule has 1 atom stereocenters. The SMILES string of the molecule is CC[C@H](CCCCCn1ccnc1)CCC(C)(C)C. The second kappa shape index (κ2) is 8.39. The largest absolute Gasteiger partial charge is 0.337 e. The number of unbranched alkanes of at least 4 members (excludes halogenated alkanes) is 2. The van der Waals surface area contributed by atoms with Gasteiger partial charge in [0, 0.05) is 18.9 Å². The summed E-state index contributed by atoms with van der Waals surface area (Å²) in [6, 6.07) is 0. The van der Waals surface area contributed by atoms with E-state index in [-0.39, 0.29) is 0 Å². The third-order valence-electron chi connectivity index (χ3n) is 3.97. The summed E-state index contributed by atoms with van der Waals surface area (Å²) >= 11 is 0. The monoisotopic (exact) mass is 264 g/mol. The fraction of sp³-hybridized carbons (Fsp3) is 0.824. The Morgan fingerprint density at radius 2 is 1.89 bits per heavy atom. The van der Waals surface area contributed by atoms with Crippen molar-refractivity contribution < 1.29 is 0 Å². The van der Waals surface area contributed by atoms with Crippen LogP contribution in [0.3, 0.4) is 0 Å². The van der Waals surface area contributed by atoms with E-state index in [1.165, 1.54) is 44.9 Å². The topological polar surface area (TPSA) is 17.8 Å². The molecule has 0 spiro atoms. The van der Waals surface area contributed by atoms with Crippen LogP contribution in [0.15, 0.2) is 18.7 Å². The second-order valence-electron chi connectivity index (χ2n) is 7.02. The highest BCUT2D eigenvalue weighted by molar-refractivity contribution is 4.73. The Labute approximate surface area is 119 Å². The molecular formula is C17H32N2. The van der Waals surface area contributed by atoms with Crippen LogP contribution in [0.2, 0.25) is 0 Å². The lowest BCUT2D eigenvalue weighted by Gasteiger charge is -2.22. The summed E-state index contributed by atoms with van der Waals surface area (Å²) in [6.07, 6.45) is 15.4. The quantitative estimate of drug-likeness (QED) is 0.554.